The lowest BCUT2D eigenvalue weighted by atomic mass is 9.60. The molecule has 4 aliphatic carbocycles. The lowest BCUT2D eigenvalue weighted by molar-refractivity contribution is 0.0460. The maximum absolute atomic E-state index is 12.6. The average Bonchev–Trinajstić information content (AvgIpc) is 3.49. The molecule has 0 aliphatic heterocycles. The summed E-state index contributed by atoms with van der Waals surface area (Å²) in [5, 5.41) is 27.5. The summed E-state index contributed by atoms with van der Waals surface area (Å²) < 4.78 is 11.8. The Hall–Kier alpha value is -2.45. The number of aromatic nitrogens is 2. The fourth-order valence-corrected chi connectivity index (χ4v) is 8.65. The van der Waals surface area contributed by atoms with E-state index in [0.29, 0.717) is 43.0 Å². The van der Waals surface area contributed by atoms with Crippen LogP contribution in [0.25, 0.3) is 0 Å². The second-order valence-corrected chi connectivity index (χ2v) is 14.1. The molecule has 1 aromatic heterocycles. The van der Waals surface area contributed by atoms with E-state index in [4.69, 9.17) is 14.2 Å². The molecule has 0 bridgehead atoms. The molecule has 0 spiro atoms. The molecule has 0 aromatic carbocycles. The van der Waals surface area contributed by atoms with Crippen LogP contribution >= 0.6 is 0 Å². The first-order valence-electron chi connectivity index (χ1n) is 16.8. The Bertz CT molecular complexity index is 1220. The van der Waals surface area contributed by atoms with E-state index in [9.17, 15) is 15.0 Å². The number of aliphatic hydroxyl groups is 2. The van der Waals surface area contributed by atoms with Crippen LogP contribution in [0.3, 0.4) is 0 Å². The zero-order chi connectivity index (χ0) is 30.8. The van der Waals surface area contributed by atoms with Crippen LogP contribution in [0.1, 0.15) is 116 Å². The highest BCUT2D eigenvalue weighted by atomic mass is 16.6. The molecule has 0 unspecified atom stereocenters. The minimum Gasteiger partial charge on any atom is -0.445 e. The summed E-state index contributed by atoms with van der Waals surface area (Å²) in [5.41, 5.74) is 3.10. The van der Waals surface area contributed by atoms with Gasteiger partial charge in [0.1, 0.15) is 6.10 Å². The lowest BCUT2D eigenvalue weighted by Crippen LogP contribution is -2.38. The first kappa shape index (κ1) is 32.0. The second kappa shape index (κ2) is 13.3. The summed E-state index contributed by atoms with van der Waals surface area (Å²) in [7, 11) is 0. The molecule has 0 saturated heterocycles. The Balaban J connectivity index is 1.28. The van der Waals surface area contributed by atoms with Crippen molar-refractivity contribution in [2.24, 2.45) is 23.2 Å². The Morgan fingerprint density at radius 1 is 1.21 bits per heavy atom. The lowest BCUT2D eigenvalue weighted by Gasteiger charge is -2.44. The third kappa shape index (κ3) is 6.65. The number of aliphatic hydroxyl groups excluding tert-OH is 2. The predicted octanol–water partition coefficient (Wildman–Crippen LogP) is 6.73. The number of amides is 1. The van der Waals surface area contributed by atoms with Crippen LogP contribution in [-0.2, 0) is 16.6 Å². The molecule has 43 heavy (non-hydrogen) atoms. The molecule has 4 saturated carbocycles. The third-order valence-corrected chi connectivity index (χ3v) is 11.2. The number of nitrogens with zero attached hydrogens (tertiary/aromatic N) is 2. The number of carbonyl (C=O) groups is 1. The van der Waals surface area contributed by atoms with Crippen LogP contribution < -0.4 is 5.32 Å². The van der Waals surface area contributed by atoms with Crippen LogP contribution in [0.2, 0.25) is 0 Å². The first-order valence-corrected chi connectivity index (χ1v) is 16.8. The van der Waals surface area contributed by atoms with Gasteiger partial charge in [-0.2, -0.15) is 4.98 Å². The van der Waals surface area contributed by atoms with Crippen LogP contribution in [-0.4, -0.2) is 51.3 Å². The van der Waals surface area contributed by atoms with Crippen LogP contribution in [0.4, 0.5) is 4.79 Å². The molecular weight excluding hydrogens is 542 g/mol. The second-order valence-electron chi connectivity index (χ2n) is 14.1. The SMILES string of the molecule is C=C1C(=CC=C2CCC[C@]3(C)[C@@H]([C@H](C)CC[C@H](OC(=O)NCC)C4(c5nc(CCC)no5)CC4)CC[C@@H]23)C[C@@H](O)C[C@@H]1O. The van der Waals surface area contributed by atoms with Gasteiger partial charge in [-0.3, -0.25) is 0 Å². The Labute approximate surface area is 257 Å². The van der Waals surface area contributed by atoms with Crippen molar-refractivity contribution in [3.63, 3.8) is 0 Å². The van der Waals surface area contributed by atoms with Crippen molar-refractivity contribution >= 4 is 6.09 Å². The van der Waals surface area contributed by atoms with E-state index in [1.807, 2.05) is 6.92 Å². The van der Waals surface area contributed by atoms with Gasteiger partial charge in [-0.1, -0.05) is 50.2 Å². The first-order chi connectivity index (χ1) is 20.6. The number of nitrogens with one attached hydrogen (secondary N) is 1. The van der Waals surface area contributed by atoms with Crippen LogP contribution in [0.5, 0.6) is 0 Å². The molecule has 4 aliphatic rings. The fourth-order valence-electron chi connectivity index (χ4n) is 8.65. The minimum atomic E-state index is -0.657. The summed E-state index contributed by atoms with van der Waals surface area (Å²) in [6.45, 7) is 13.5. The van der Waals surface area contributed by atoms with Gasteiger partial charge in [0.15, 0.2) is 5.82 Å². The van der Waals surface area contributed by atoms with Gasteiger partial charge in [0.25, 0.3) is 0 Å². The summed E-state index contributed by atoms with van der Waals surface area (Å²) in [4.78, 5) is 17.3. The molecule has 238 valence electrons. The van der Waals surface area contributed by atoms with E-state index in [1.165, 1.54) is 31.3 Å². The van der Waals surface area contributed by atoms with Gasteiger partial charge in [-0.25, -0.2) is 4.79 Å². The molecule has 1 aromatic rings. The Morgan fingerprint density at radius 2 is 2.00 bits per heavy atom. The zero-order valence-corrected chi connectivity index (χ0v) is 26.7. The van der Waals surface area contributed by atoms with Crippen molar-refractivity contribution in [2.45, 2.75) is 135 Å². The maximum Gasteiger partial charge on any atom is 0.407 e. The number of rotatable bonds is 11. The smallest absolute Gasteiger partial charge is 0.407 e. The molecule has 8 nitrogen and oxygen atoms in total. The summed E-state index contributed by atoms with van der Waals surface area (Å²) in [6, 6.07) is 0. The Kier molecular flexibility index (Phi) is 9.86. The quantitative estimate of drug-likeness (QED) is 0.260. The van der Waals surface area contributed by atoms with E-state index >= 15 is 0 Å². The number of fused-ring (bicyclic) bond motifs is 1. The van der Waals surface area contributed by atoms with Crippen molar-refractivity contribution in [3.8, 4) is 0 Å². The van der Waals surface area contributed by atoms with Gasteiger partial charge in [0.05, 0.1) is 17.6 Å². The molecule has 4 fully saturated rings. The van der Waals surface area contributed by atoms with Gasteiger partial charge >= 0.3 is 6.09 Å². The normalized spacial score (nSPS) is 33.3. The number of hydrogen-bond acceptors (Lipinski definition) is 7. The monoisotopic (exact) mass is 595 g/mol. The highest BCUT2D eigenvalue weighted by Crippen LogP contribution is 2.60. The number of carbonyl (C=O) groups excluding carboxylic acids is 1. The minimum absolute atomic E-state index is 0.235. The van der Waals surface area contributed by atoms with Gasteiger partial charge in [-0.15, -0.1) is 0 Å². The van der Waals surface area contributed by atoms with Gasteiger partial charge in [0, 0.05) is 19.4 Å². The zero-order valence-electron chi connectivity index (χ0n) is 26.7. The number of allylic oxidation sites excluding steroid dienone is 3. The highest BCUT2D eigenvalue weighted by Gasteiger charge is 2.58. The largest absolute Gasteiger partial charge is 0.445 e. The van der Waals surface area contributed by atoms with E-state index in [1.54, 1.807) is 0 Å². The Morgan fingerprint density at radius 3 is 2.72 bits per heavy atom. The number of alkyl carbamates (subject to hydrolysis) is 1. The summed E-state index contributed by atoms with van der Waals surface area (Å²) in [6.07, 6.45) is 14.7. The maximum atomic E-state index is 12.6. The molecule has 0 radical (unpaired) electrons. The molecule has 5 rings (SSSR count). The standard InChI is InChI=1S/C35H53N3O5/c1-6-9-31-37-32(43-38-31)35(18-19-35)30(42-33(41)36-7-2)16-11-22(3)27-14-15-28-24(10-8-17-34(27,28)5)12-13-25-20-26(39)21-29(40)23(25)4/h12-13,22,26-30,39-40H,4,6-11,14-21H2,1-3,5H3,(H,36,41)/t22-,26-,27-,28+,29+,30+,34-/m1/s1. The number of aryl methyl sites for hydroxylation is 1. The number of ether oxygens (including phenoxy) is 1. The summed E-state index contributed by atoms with van der Waals surface area (Å²) >= 11 is 0. The van der Waals surface area contributed by atoms with E-state index in [2.05, 4.69) is 50.0 Å². The van der Waals surface area contributed by atoms with E-state index < -0.39 is 12.2 Å². The van der Waals surface area contributed by atoms with Gasteiger partial charge in [0.2, 0.25) is 5.89 Å². The van der Waals surface area contributed by atoms with Gasteiger partial charge < -0.3 is 24.8 Å². The van der Waals surface area contributed by atoms with E-state index in [0.717, 1.165) is 61.9 Å². The third-order valence-electron chi connectivity index (χ3n) is 11.2. The molecular formula is C35H53N3O5. The van der Waals surface area contributed by atoms with E-state index in [-0.39, 0.29) is 23.0 Å². The molecule has 1 amide bonds. The average molecular weight is 596 g/mol. The summed E-state index contributed by atoms with van der Waals surface area (Å²) in [5.74, 6) is 3.00. The fraction of sp³-hybridized carbons (Fsp3) is 0.743. The predicted molar refractivity (Wildman–Crippen MR) is 166 cm³/mol. The van der Waals surface area contributed by atoms with Crippen molar-refractivity contribution < 1.29 is 24.3 Å². The van der Waals surface area contributed by atoms with Crippen molar-refractivity contribution in [2.75, 3.05) is 6.54 Å². The van der Waals surface area contributed by atoms with Gasteiger partial charge in [-0.05, 0) is 112 Å². The van der Waals surface area contributed by atoms with Crippen molar-refractivity contribution in [3.05, 3.63) is 47.2 Å². The van der Waals surface area contributed by atoms with Crippen molar-refractivity contribution in [1.29, 1.82) is 0 Å². The highest BCUT2D eigenvalue weighted by molar-refractivity contribution is 5.67. The van der Waals surface area contributed by atoms with Crippen LogP contribution in [0.15, 0.2) is 40.0 Å². The molecule has 7 atom stereocenters. The molecule has 1 heterocycles. The molecule has 3 N–H and O–H groups in total. The topological polar surface area (TPSA) is 118 Å². The molecule has 8 heteroatoms. The van der Waals surface area contributed by atoms with Crippen molar-refractivity contribution in [1.82, 2.24) is 15.5 Å². The van der Waals surface area contributed by atoms with Crippen LogP contribution in [0, 0.1) is 23.2 Å². The number of hydrogen-bond donors (Lipinski definition) is 3.